The summed E-state index contributed by atoms with van der Waals surface area (Å²) in [7, 11) is 3.94. The van der Waals surface area contributed by atoms with Crippen molar-refractivity contribution in [2.75, 3.05) is 27.2 Å². The van der Waals surface area contributed by atoms with Crippen molar-refractivity contribution in [1.29, 1.82) is 0 Å². The highest BCUT2D eigenvalue weighted by Gasteiger charge is 2.44. The van der Waals surface area contributed by atoms with E-state index in [0.29, 0.717) is 12.0 Å². The fraction of sp³-hybridized carbons (Fsp3) is 0.360. The second kappa shape index (κ2) is 10.1. The van der Waals surface area contributed by atoms with E-state index in [-0.39, 0.29) is 29.5 Å². The average molecular weight is 459 g/mol. The first-order valence-electron chi connectivity index (χ1n) is 10.9. The summed E-state index contributed by atoms with van der Waals surface area (Å²) in [4.78, 5) is 28.3. The first-order chi connectivity index (χ1) is 15.6. The van der Waals surface area contributed by atoms with Crippen LogP contribution in [0, 0.1) is 11.6 Å². The Morgan fingerprint density at radius 2 is 1.79 bits per heavy atom. The Morgan fingerprint density at radius 3 is 2.36 bits per heavy atom. The van der Waals surface area contributed by atoms with Crippen LogP contribution in [0.5, 0.6) is 5.75 Å². The summed E-state index contributed by atoms with van der Waals surface area (Å²) < 4.78 is 33.4. The molecule has 1 heterocycles. The number of amides is 1. The summed E-state index contributed by atoms with van der Waals surface area (Å²) in [5, 5.41) is 13.3. The molecule has 0 spiro atoms. The van der Waals surface area contributed by atoms with Crippen LogP contribution in [0.3, 0.4) is 0 Å². The predicted octanol–water partition coefficient (Wildman–Crippen LogP) is 1.51. The molecule has 1 unspecified atom stereocenters. The summed E-state index contributed by atoms with van der Waals surface area (Å²) in [6, 6.07) is 8.06. The molecule has 1 amide bonds. The minimum Gasteiger partial charge on any atom is -0.872 e. The highest BCUT2D eigenvalue weighted by molar-refractivity contribution is 6.46. The number of hydrogen-bond donors (Lipinski definition) is 1. The van der Waals surface area contributed by atoms with Gasteiger partial charge in [-0.3, -0.25) is 9.59 Å². The number of ether oxygens (including phenoxy) is 1. The van der Waals surface area contributed by atoms with Crippen LogP contribution < -0.4 is 14.7 Å². The van der Waals surface area contributed by atoms with E-state index >= 15 is 0 Å². The molecule has 33 heavy (non-hydrogen) atoms. The lowest BCUT2D eigenvalue weighted by Gasteiger charge is -2.27. The van der Waals surface area contributed by atoms with Crippen LogP contribution in [0.15, 0.2) is 48.0 Å². The first-order valence-corrected chi connectivity index (χ1v) is 10.9. The van der Waals surface area contributed by atoms with Crippen molar-refractivity contribution >= 4 is 17.4 Å². The zero-order valence-corrected chi connectivity index (χ0v) is 19.2. The number of benzene rings is 2. The Hall–Kier alpha value is -3.26. The Balaban J connectivity index is 2.07. The number of carbonyl (C=O) groups is 2. The van der Waals surface area contributed by atoms with E-state index in [4.69, 9.17) is 4.74 Å². The third-order valence-electron chi connectivity index (χ3n) is 5.35. The van der Waals surface area contributed by atoms with Gasteiger partial charge in [0.2, 0.25) is 5.78 Å². The van der Waals surface area contributed by atoms with Crippen LogP contribution in [-0.2, 0) is 9.59 Å². The SMILES string of the molecule is CC(C)Oc1ccc(C([O-])=C2C(=O)C(=O)N(CCC[NH+](C)C)C2c2ccc(F)cc2)cc1F. The predicted molar refractivity (Wildman–Crippen MR) is 117 cm³/mol. The van der Waals surface area contributed by atoms with Crippen LogP contribution in [-0.4, -0.2) is 49.9 Å². The van der Waals surface area contributed by atoms with Gasteiger partial charge >= 0.3 is 0 Å². The molecule has 1 aliphatic heterocycles. The number of carbonyl (C=O) groups excluding carboxylic acids is 2. The quantitative estimate of drug-likeness (QED) is 0.370. The van der Waals surface area contributed by atoms with Crippen molar-refractivity contribution in [2.45, 2.75) is 32.4 Å². The van der Waals surface area contributed by atoms with Crippen molar-refractivity contribution in [3.05, 3.63) is 70.8 Å². The molecule has 1 fully saturated rings. The van der Waals surface area contributed by atoms with Gasteiger partial charge in [-0.1, -0.05) is 24.0 Å². The second-order valence-electron chi connectivity index (χ2n) is 8.65. The number of ketones is 1. The van der Waals surface area contributed by atoms with Crippen molar-refractivity contribution in [3.8, 4) is 5.75 Å². The van der Waals surface area contributed by atoms with Crippen molar-refractivity contribution in [3.63, 3.8) is 0 Å². The van der Waals surface area contributed by atoms with Gasteiger partial charge in [0.25, 0.3) is 5.91 Å². The molecule has 0 saturated carbocycles. The number of likely N-dealkylation sites (tertiary alicyclic amines) is 1. The maximum atomic E-state index is 14.5. The summed E-state index contributed by atoms with van der Waals surface area (Å²) in [6.07, 6.45) is 0.348. The third kappa shape index (κ3) is 5.39. The smallest absolute Gasteiger partial charge is 0.295 e. The summed E-state index contributed by atoms with van der Waals surface area (Å²) in [5.41, 5.74) is 0.114. The molecule has 2 aromatic rings. The molecule has 0 bridgehead atoms. The van der Waals surface area contributed by atoms with Gasteiger partial charge in [-0.05, 0) is 49.2 Å². The average Bonchev–Trinajstić information content (AvgIpc) is 2.99. The normalized spacial score (nSPS) is 17.9. The molecule has 0 radical (unpaired) electrons. The molecule has 8 heteroatoms. The number of nitrogens with one attached hydrogen (secondary N) is 1. The molecule has 2 aromatic carbocycles. The Labute approximate surface area is 192 Å². The molecule has 0 aromatic heterocycles. The summed E-state index contributed by atoms with van der Waals surface area (Å²) >= 11 is 0. The number of Topliss-reactive ketones (excluding diaryl/α,β-unsaturated/α-hetero) is 1. The van der Waals surface area contributed by atoms with Crippen molar-refractivity contribution < 1.29 is 33.1 Å². The molecule has 6 nitrogen and oxygen atoms in total. The van der Waals surface area contributed by atoms with Gasteiger partial charge in [0, 0.05) is 18.5 Å². The van der Waals surface area contributed by atoms with Crippen molar-refractivity contribution in [2.24, 2.45) is 0 Å². The number of quaternary nitrogens is 1. The van der Waals surface area contributed by atoms with Crippen LogP contribution >= 0.6 is 0 Å². The van der Waals surface area contributed by atoms with Gasteiger partial charge < -0.3 is 19.6 Å². The molecular formula is C25H28F2N2O4. The van der Waals surface area contributed by atoms with Crippen LogP contribution in [0.2, 0.25) is 0 Å². The Morgan fingerprint density at radius 1 is 1.12 bits per heavy atom. The highest BCUT2D eigenvalue weighted by Crippen LogP contribution is 2.39. The van der Waals surface area contributed by atoms with E-state index in [1.807, 2.05) is 14.1 Å². The highest BCUT2D eigenvalue weighted by atomic mass is 19.1. The van der Waals surface area contributed by atoms with Crippen LogP contribution in [0.1, 0.15) is 37.4 Å². The minimum atomic E-state index is -0.968. The maximum Gasteiger partial charge on any atom is 0.295 e. The molecular weight excluding hydrogens is 430 g/mol. The topological polar surface area (TPSA) is 74.1 Å². The zero-order valence-electron chi connectivity index (χ0n) is 19.2. The first kappa shape index (κ1) is 24.4. The zero-order chi connectivity index (χ0) is 24.3. The molecule has 1 atom stereocenters. The maximum absolute atomic E-state index is 14.5. The molecule has 1 N–H and O–H groups in total. The van der Waals surface area contributed by atoms with Gasteiger partial charge in [0.05, 0.1) is 32.8 Å². The van der Waals surface area contributed by atoms with Gasteiger partial charge in [-0.2, -0.15) is 0 Å². The van der Waals surface area contributed by atoms with E-state index < -0.39 is 35.1 Å². The van der Waals surface area contributed by atoms with E-state index in [1.165, 1.54) is 46.2 Å². The summed E-state index contributed by atoms with van der Waals surface area (Å²) in [6.45, 7) is 4.50. The van der Waals surface area contributed by atoms with E-state index in [1.54, 1.807) is 13.8 Å². The van der Waals surface area contributed by atoms with Crippen LogP contribution in [0.25, 0.3) is 5.76 Å². The van der Waals surface area contributed by atoms with E-state index in [9.17, 15) is 23.5 Å². The van der Waals surface area contributed by atoms with Gasteiger partial charge in [0.1, 0.15) is 5.82 Å². The summed E-state index contributed by atoms with van der Waals surface area (Å²) in [5.74, 6) is -3.68. The number of halogens is 2. The molecule has 1 saturated heterocycles. The monoisotopic (exact) mass is 458 g/mol. The van der Waals surface area contributed by atoms with Crippen molar-refractivity contribution in [1.82, 2.24) is 4.90 Å². The second-order valence-corrected chi connectivity index (χ2v) is 8.65. The number of hydrogen-bond acceptors (Lipinski definition) is 4. The number of rotatable bonds is 8. The number of nitrogens with zero attached hydrogens (tertiary/aromatic N) is 1. The Kier molecular flexibility index (Phi) is 7.48. The lowest BCUT2D eigenvalue weighted by molar-refractivity contribution is -0.858. The lowest BCUT2D eigenvalue weighted by atomic mass is 9.95. The lowest BCUT2D eigenvalue weighted by Crippen LogP contribution is -3.05. The largest absolute Gasteiger partial charge is 0.872 e. The third-order valence-corrected chi connectivity index (χ3v) is 5.35. The fourth-order valence-corrected chi connectivity index (χ4v) is 3.84. The minimum absolute atomic E-state index is 0.0109. The van der Waals surface area contributed by atoms with Gasteiger partial charge in [0.15, 0.2) is 11.6 Å². The molecule has 3 rings (SSSR count). The van der Waals surface area contributed by atoms with Crippen LogP contribution in [0.4, 0.5) is 8.78 Å². The van der Waals surface area contributed by atoms with Gasteiger partial charge in [-0.15, -0.1) is 0 Å². The van der Waals surface area contributed by atoms with E-state index in [2.05, 4.69) is 0 Å². The molecule has 176 valence electrons. The molecule has 0 aliphatic carbocycles. The standard InChI is InChI=1S/C25H28F2N2O4/c1-15(2)33-20-11-8-17(14-19(20)27)23(30)21-22(16-6-9-18(26)10-7-16)29(25(32)24(21)31)13-5-12-28(3)4/h6-11,14-15,22,30H,5,12-13H2,1-4H3. The fourth-order valence-electron chi connectivity index (χ4n) is 3.84. The van der Waals surface area contributed by atoms with E-state index in [0.717, 1.165) is 12.6 Å². The van der Waals surface area contributed by atoms with Gasteiger partial charge in [-0.25, -0.2) is 8.78 Å². The molecule has 1 aliphatic rings. The Bertz CT molecular complexity index is 1060.